The maximum Gasteiger partial charge on any atom is 0.335 e. The molecule has 0 aliphatic carbocycles. The van der Waals surface area contributed by atoms with Crippen molar-refractivity contribution < 1.29 is 39.3 Å². The number of aliphatic carboxylic acids is 3. The molecule has 0 heterocycles. The maximum absolute atomic E-state index is 11.7. The zero-order chi connectivity index (χ0) is 23.5. The molecule has 0 fully saturated rings. The molecular weight excluding hydrogens is 404 g/mol. The third-order valence-electron chi connectivity index (χ3n) is 4.37. The fourth-order valence-corrected chi connectivity index (χ4v) is 2.31. The molecule has 0 bridgehead atoms. The van der Waals surface area contributed by atoms with Gasteiger partial charge in [0.2, 0.25) is 0 Å². The highest BCUT2D eigenvalue weighted by atomic mass is 16.4. The van der Waals surface area contributed by atoms with E-state index in [1.165, 1.54) is 27.9 Å². The van der Waals surface area contributed by atoms with E-state index in [4.69, 9.17) is 0 Å². The van der Waals surface area contributed by atoms with Crippen LogP contribution in [0.15, 0.2) is 0 Å². The van der Waals surface area contributed by atoms with E-state index in [-0.39, 0.29) is 26.2 Å². The Kier molecular flexibility index (Phi) is 10.9. The van der Waals surface area contributed by atoms with Crippen molar-refractivity contribution in [1.82, 2.24) is 31.9 Å². The number of hydrogen-bond donors (Lipinski definition) is 9. The van der Waals surface area contributed by atoms with Crippen LogP contribution in [0, 0.1) is 0 Å². The summed E-state index contributed by atoms with van der Waals surface area (Å²) < 4.78 is 0. The van der Waals surface area contributed by atoms with E-state index in [2.05, 4.69) is 31.9 Å². The Labute approximate surface area is 173 Å². The summed E-state index contributed by atoms with van der Waals surface area (Å²) >= 11 is 0. The van der Waals surface area contributed by atoms with Crippen molar-refractivity contribution in [3.63, 3.8) is 0 Å². The van der Waals surface area contributed by atoms with Crippen LogP contribution in [0.1, 0.15) is 13.8 Å². The molecular formula is C16H30N6O8. The molecule has 0 aromatic carbocycles. The van der Waals surface area contributed by atoms with Crippen molar-refractivity contribution in [2.24, 2.45) is 0 Å². The maximum atomic E-state index is 11.7. The van der Waals surface area contributed by atoms with Crippen LogP contribution in [0.5, 0.6) is 0 Å². The van der Waals surface area contributed by atoms with Crippen LogP contribution < -0.4 is 31.9 Å². The molecule has 0 aliphatic heterocycles. The van der Waals surface area contributed by atoms with E-state index in [1.54, 1.807) is 0 Å². The monoisotopic (exact) mass is 434 g/mol. The Hall–Kier alpha value is -2.81. The van der Waals surface area contributed by atoms with Crippen molar-refractivity contribution in [3.8, 4) is 0 Å². The summed E-state index contributed by atoms with van der Waals surface area (Å²) in [5.74, 6) is -5.55. The highest BCUT2D eigenvalue weighted by Crippen LogP contribution is 2.04. The first-order valence-electron chi connectivity index (χ1n) is 8.97. The van der Waals surface area contributed by atoms with E-state index >= 15 is 0 Å². The van der Waals surface area contributed by atoms with E-state index in [0.717, 1.165) is 0 Å². The zero-order valence-corrected chi connectivity index (χ0v) is 17.3. The Bertz CT molecular complexity index is 612. The summed E-state index contributed by atoms with van der Waals surface area (Å²) in [6.45, 7) is 2.30. The lowest BCUT2D eigenvalue weighted by Crippen LogP contribution is -2.62. The number of carbonyl (C=O) groups excluding carboxylic acids is 2. The van der Waals surface area contributed by atoms with Crippen LogP contribution in [-0.2, 0) is 24.0 Å². The average Bonchev–Trinajstić information content (AvgIpc) is 2.69. The van der Waals surface area contributed by atoms with Crippen molar-refractivity contribution in [2.45, 2.75) is 31.1 Å². The van der Waals surface area contributed by atoms with Gasteiger partial charge in [0.05, 0.1) is 0 Å². The largest absolute Gasteiger partial charge is 0.479 e. The van der Waals surface area contributed by atoms with Crippen LogP contribution >= 0.6 is 0 Å². The van der Waals surface area contributed by atoms with Crippen LogP contribution in [0.4, 0.5) is 0 Å². The molecule has 2 unspecified atom stereocenters. The molecule has 30 heavy (non-hydrogen) atoms. The summed E-state index contributed by atoms with van der Waals surface area (Å²) in [7, 11) is 2.59. The van der Waals surface area contributed by atoms with Gasteiger partial charge in [0, 0.05) is 40.3 Å². The lowest BCUT2D eigenvalue weighted by molar-refractivity contribution is -0.151. The zero-order valence-electron chi connectivity index (χ0n) is 17.3. The number of nitrogens with one attached hydrogen (secondary N) is 6. The van der Waals surface area contributed by atoms with Gasteiger partial charge in [-0.1, -0.05) is 0 Å². The van der Waals surface area contributed by atoms with Crippen LogP contribution in [0.2, 0.25) is 0 Å². The number of amides is 2. The Morgan fingerprint density at radius 2 is 1.03 bits per heavy atom. The fourth-order valence-electron chi connectivity index (χ4n) is 2.31. The molecule has 9 N–H and O–H groups in total. The first-order chi connectivity index (χ1) is 13.9. The van der Waals surface area contributed by atoms with Gasteiger partial charge in [-0.15, -0.1) is 0 Å². The van der Waals surface area contributed by atoms with Gasteiger partial charge < -0.3 is 26.0 Å². The molecule has 0 saturated carbocycles. The fraction of sp³-hybridized carbons (Fsp3) is 0.688. The number of carbonyl (C=O) groups is 5. The first kappa shape index (κ1) is 27.2. The summed E-state index contributed by atoms with van der Waals surface area (Å²) in [5.41, 5.74) is -3.76. The second-order valence-corrected chi connectivity index (χ2v) is 6.55. The van der Waals surface area contributed by atoms with Gasteiger partial charge in [-0.25, -0.2) is 14.4 Å². The van der Waals surface area contributed by atoms with E-state index in [0.29, 0.717) is 0 Å². The molecule has 172 valence electrons. The minimum absolute atomic E-state index is 0.00232. The molecule has 14 nitrogen and oxygen atoms in total. The minimum atomic E-state index is -1.88. The average molecular weight is 434 g/mol. The van der Waals surface area contributed by atoms with Crippen molar-refractivity contribution in [2.75, 3.05) is 40.3 Å². The highest BCUT2D eigenvalue weighted by molar-refractivity contribution is 6.06. The quantitative estimate of drug-likeness (QED) is 0.0683. The highest BCUT2D eigenvalue weighted by Gasteiger charge is 2.41. The lowest BCUT2D eigenvalue weighted by atomic mass is 10.0. The van der Waals surface area contributed by atoms with E-state index in [9.17, 15) is 39.3 Å². The van der Waals surface area contributed by atoms with Crippen molar-refractivity contribution in [3.05, 3.63) is 0 Å². The molecule has 0 aliphatic rings. The molecule has 0 saturated heterocycles. The third-order valence-corrected chi connectivity index (χ3v) is 4.37. The summed E-state index contributed by atoms with van der Waals surface area (Å²) in [6, 6.07) is 0. The van der Waals surface area contributed by atoms with E-state index in [1.807, 2.05) is 0 Å². The third kappa shape index (κ3) is 7.22. The van der Waals surface area contributed by atoms with Gasteiger partial charge in [0.15, 0.2) is 17.2 Å². The molecule has 14 heteroatoms. The van der Waals surface area contributed by atoms with Crippen LogP contribution in [0.3, 0.4) is 0 Å². The number of hydrogen-bond acceptors (Lipinski definition) is 9. The molecule has 2 atom stereocenters. The van der Waals surface area contributed by atoms with Crippen molar-refractivity contribution in [1.29, 1.82) is 0 Å². The summed E-state index contributed by atoms with van der Waals surface area (Å²) in [4.78, 5) is 57.4. The number of carboxylic acid groups (broad SMARTS) is 3. The number of carboxylic acids is 3. The Morgan fingerprint density at radius 3 is 1.27 bits per heavy atom. The normalized spacial score (nSPS) is 15.9. The smallest absolute Gasteiger partial charge is 0.335 e. The topological polar surface area (TPSA) is 218 Å². The summed E-state index contributed by atoms with van der Waals surface area (Å²) in [5, 5.41) is 42.5. The Morgan fingerprint density at radius 1 is 0.700 bits per heavy atom. The SMILES string of the molecule is CNC(=O)C(C)(NCCNC(NCCNC(C)(C(=O)O)C(=O)NC)C(=O)O)C(=O)O. The number of rotatable bonds is 15. The van der Waals surface area contributed by atoms with Gasteiger partial charge in [-0.05, 0) is 13.8 Å². The van der Waals surface area contributed by atoms with Gasteiger partial charge in [-0.3, -0.25) is 30.9 Å². The summed E-state index contributed by atoms with van der Waals surface area (Å²) in [6.07, 6.45) is -1.24. The molecule has 0 aromatic heterocycles. The standard InChI is InChI=1S/C16H30N6O8/c1-15(13(27)28,11(25)17-3)21-7-5-19-9(10(23)24)20-6-8-22-16(2,14(29)30)12(26)18-4/h9,19-22H,5-8H2,1-4H3,(H,17,25)(H,18,26)(H,23,24)(H,27,28)(H,29,30). The predicted octanol–water partition coefficient (Wildman–Crippen LogP) is -4.07. The van der Waals surface area contributed by atoms with Gasteiger partial charge in [0.1, 0.15) is 0 Å². The predicted molar refractivity (Wildman–Crippen MR) is 104 cm³/mol. The van der Waals surface area contributed by atoms with Gasteiger partial charge in [-0.2, -0.15) is 0 Å². The van der Waals surface area contributed by atoms with Crippen molar-refractivity contribution >= 4 is 29.7 Å². The molecule has 0 rings (SSSR count). The minimum Gasteiger partial charge on any atom is -0.479 e. The van der Waals surface area contributed by atoms with Gasteiger partial charge >= 0.3 is 17.9 Å². The molecule has 0 aromatic rings. The van der Waals surface area contributed by atoms with E-state index < -0.39 is 47.0 Å². The Balaban J connectivity index is 4.62. The second kappa shape index (κ2) is 12.0. The van der Waals surface area contributed by atoms with Crippen LogP contribution in [0.25, 0.3) is 0 Å². The molecule has 0 spiro atoms. The lowest BCUT2D eigenvalue weighted by Gasteiger charge is -2.26. The first-order valence-corrected chi connectivity index (χ1v) is 8.97. The van der Waals surface area contributed by atoms with Crippen LogP contribution in [-0.4, -0.2) is 103 Å². The molecule has 0 radical (unpaired) electrons. The molecule has 2 amide bonds. The second-order valence-electron chi connectivity index (χ2n) is 6.55. The number of likely N-dealkylation sites (N-methyl/N-ethyl adjacent to an activating group) is 2. The van der Waals surface area contributed by atoms with Gasteiger partial charge in [0.25, 0.3) is 11.8 Å².